The number of rotatable bonds is 5. The third kappa shape index (κ3) is 4.98. The summed E-state index contributed by atoms with van der Waals surface area (Å²) in [5.41, 5.74) is 3.97. The fourth-order valence-electron chi connectivity index (χ4n) is 3.72. The molecule has 0 saturated heterocycles. The Balaban J connectivity index is 1.80. The number of aromatic nitrogens is 2. The van der Waals surface area contributed by atoms with Crippen molar-refractivity contribution in [2.24, 2.45) is 0 Å². The standard InChI is InChI=1S/C21H30N4O2S2/c1-5-25-13-15(14(2)23-25)12-24(3)21(28)22-19-18(20(26)27-4)16-10-8-6-7-9-11-17(16)29-19/h13H,5-12H2,1-4H3,(H,22,28). The molecular weight excluding hydrogens is 404 g/mol. The number of esters is 1. The zero-order chi connectivity index (χ0) is 21.0. The molecular formula is C21H30N4O2S2. The second kappa shape index (κ2) is 9.71. The topological polar surface area (TPSA) is 59.4 Å². The molecule has 2 aromatic heterocycles. The van der Waals surface area contributed by atoms with Crippen molar-refractivity contribution in [1.82, 2.24) is 14.7 Å². The molecule has 6 nitrogen and oxygen atoms in total. The Hall–Kier alpha value is -1.93. The summed E-state index contributed by atoms with van der Waals surface area (Å²) in [6.07, 6.45) is 8.74. The van der Waals surface area contributed by atoms with E-state index in [9.17, 15) is 4.79 Å². The van der Waals surface area contributed by atoms with E-state index in [1.54, 1.807) is 11.3 Å². The lowest BCUT2D eigenvalue weighted by atomic mass is 9.96. The molecule has 0 unspecified atom stereocenters. The summed E-state index contributed by atoms with van der Waals surface area (Å²) in [6.45, 7) is 5.59. The van der Waals surface area contributed by atoms with Gasteiger partial charge in [0.15, 0.2) is 5.11 Å². The SMILES string of the molecule is CCn1cc(CN(C)C(=S)Nc2sc3c(c2C(=O)OC)CCCCCC3)c(C)n1. The van der Waals surface area contributed by atoms with Gasteiger partial charge in [-0.05, 0) is 57.3 Å². The van der Waals surface area contributed by atoms with Crippen LogP contribution in [0.4, 0.5) is 5.00 Å². The minimum Gasteiger partial charge on any atom is -0.465 e. The molecule has 0 radical (unpaired) electrons. The number of nitrogens with one attached hydrogen (secondary N) is 1. The van der Waals surface area contributed by atoms with Crippen molar-refractivity contribution in [2.45, 2.75) is 65.5 Å². The van der Waals surface area contributed by atoms with Gasteiger partial charge in [0.25, 0.3) is 0 Å². The van der Waals surface area contributed by atoms with Crippen LogP contribution in [0.15, 0.2) is 6.20 Å². The van der Waals surface area contributed by atoms with Gasteiger partial charge in [-0.25, -0.2) is 4.79 Å². The zero-order valence-corrected chi connectivity index (χ0v) is 19.3. The van der Waals surface area contributed by atoms with Crippen LogP contribution in [-0.2, 0) is 30.7 Å². The number of thiocarbonyl (C=S) groups is 1. The van der Waals surface area contributed by atoms with Crippen molar-refractivity contribution in [3.8, 4) is 0 Å². The lowest BCUT2D eigenvalue weighted by molar-refractivity contribution is 0.0601. The van der Waals surface area contributed by atoms with E-state index < -0.39 is 0 Å². The van der Waals surface area contributed by atoms with Gasteiger partial charge in [0, 0.05) is 36.8 Å². The summed E-state index contributed by atoms with van der Waals surface area (Å²) in [4.78, 5) is 15.8. The average Bonchev–Trinajstić information content (AvgIpc) is 3.20. The number of thiophene rings is 1. The molecule has 158 valence electrons. The molecule has 1 aliphatic carbocycles. The molecule has 8 heteroatoms. The Morgan fingerprint density at radius 1 is 1.34 bits per heavy atom. The van der Waals surface area contributed by atoms with E-state index in [2.05, 4.69) is 23.5 Å². The molecule has 2 aromatic rings. The Kier molecular flexibility index (Phi) is 7.29. The molecule has 0 aromatic carbocycles. The second-order valence-corrected chi connectivity index (χ2v) is 8.99. The van der Waals surface area contributed by atoms with Gasteiger partial charge < -0.3 is 15.0 Å². The van der Waals surface area contributed by atoms with Crippen molar-refractivity contribution >= 4 is 39.6 Å². The van der Waals surface area contributed by atoms with Crippen molar-refractivity contribution in [3.63, 3.8) is 0 Å². The highest BCUT2D eigenvalue weighted by atomic mass is 32.1. The van der Waals surface area contributed by atoms with E-state index in [-0.39, 0.29) is 5.97 Å². The normalized spacial score (nSPS) is 13.9. The lowest BCUT2D eigenvalue weighted by Crippen LogP contribution is -2.31. The molecule has 0 fully saturated rings. The number of hydrogen-bond acceptors (Lipinski definition) is 5. The minimum absolute atomic E-state index is 0.281. The highest BCUT2D eigenvalue weighted by molar-refractivity contribution is 7.80. The molecule has 3 rings (SSSR count). The smallest absolute Gasteiger partial charge is 0.341 e. The number of hydrogen-bond donors (Lipinski definition) is 1. The van der Waals surface area contributed by atoms with Gasteiger partial charge in [-0.3, -0.25) is 4.68 Å². The molecule has 1 aliphatic rings. The quantitative estimate of drug-likeness (QED) is 0.550. The van der Waals surface area contributed by atoms with E-state index in [0.717, 1.165) is 47.6 Å². The number of anilines is 1. The largest absolute Gasteiger partial charge is 0.465 e. The van der Waals surface area contributed by atoms with Crippen LogP contribution < -0.4 is 5.32 Å². The Morgan fingerprint density at radius 2 is 2.07 bits per heavy atom. The van der Waals surface area contributed by atoms with Crippen molar-refractivity contribution in [2.75, 3.05) is 19.5 Å². The van der Waals surface area contributed by atoms with Crippen LogP contribution in [0.1, 0.15) is 64.7 Å². The maximum atomic E-state index is 12.6. The lowest BCUT2D eigenvalue weighted by Gasteiger charge is -2.20. The molecule has 1 N–H and O–H groups in total. The van der Waals surface area contributed by atoms with Crippen LogP contribution >= 0.6 is 23.6 Å². The average molecular weight is 435 g/mol. The fraction of sp³-hybridized carbons (Fsp3) is 0.571. The van der Waals surface area contributed by atoms with Gasteiger partial charge in [-0.2, -0.15) is 5.10 Å². The number of nitrogens with zero attached hydrogens (tertiary/aromatic N) is 3. The molecule has 0 spiro atoms. The van der Waals surface area contributed by atoms with E-state index in [4.69, 9.17) is 17.0 Å². The number of ether oxygens (including phenoxy) is 1. The third-order valence-electron chi connectivity index (χ3n) is 5.41. The summed E-state index contributed by atoms with van der Waals surface area (Å²) >= 11 is 7.30. The summed E-state index contributed by atoms with van der Waals surface area (Å²) in [7, 11) is 3.40. The summed E-state index contributed by atoms with van der Waals surface area (Å²) in [5, 5.41) is 9.23. The van der Waals surface area contributed by atoms with Crippen molar-refractivity contribution in [1.29, 1.82) is 0 Å². The van der Waals surface area contributed by atoms with Gasteiger partial charge in [0.2, 0.25) is 0 Å². The molecule has 29 heavy (non-hydrogen) atoms. The molecule has 0 saturated carbocycles. The maximum Gasteiger partial charge on any atom is 0.341 e. The van der Waals surface area contributed by atoms with Crippen LogP contribution in [0.25, 0.3) is 0 Å². The predicted molar refractivity (Wildman–Crippen MR) is 122 cm³/mol. The molecule has 0 bridgehead atoms. The number of carbonyl (C=O) groups is 1. The molecule has 0 amide bonds. The van der Waals surface area contributed by atoms with E-state index in [1.807, 2.05) is 23.6 Å². The first-order valence-corrected chi connectivity index (χ1v) is 11.4. The highest BCUT2D eigenvalue weighted by Crippen LogP contribution is 2.37. The van der Waals surface area contributed by atoms with Gasteiger partial charge in [-0.1, -0.05) is 12.8 Å². The molecule has 0 aliphatic heterocycles. The summed E-state index contributed by atoms with van der Waals surface area (Å²) in [5.74, 6) is -0.281. The monoisotopic (exact) mass is 434 g/mol. The van der Waals surface area contributed by atoms with Crippen LogP contribution in [0.3, 0.4) is 0 Å². The maximum absolute atomic E-state index is 12.6. The first kappa shape index (κ1) is 21.8. The zero-order valence-electron chi connectivity index (χ0n) is 17.7. The van der Waals surface area contributed by atoms with E-state index in [1.165, 1.54) is 31.2 Å². The number of methoxy groups -OCH3 is 1. The van der Waals surface area contributed by atoms with Crippen LogP contribution in [-0.4, -0.2) is 39.9 Å². The van der Waals surface area contributed by atoms with E-state index in [0.29, 0.717) is 17.2 Å². The van der Waals surface area contributed by atoms with Crippen molar-refractivity contribution < 1.29 is 9.53 Å². The van der Waals surface area contributed by atoms with Gasteiger partial charge in [0.1, 0.15) is 5.00 Å². The second-order valence-electron chi connectivity index (χ2n) is 7.50. The fourth-order valence-corrected chi connectivity index (χ4v) is 5.23. The number of fused-ring (bicyclic) bond motifs is 1. The Bertz CT molecular complexity index is 888. The molecule has 0 atom stereocenters. The third-order valence-corrected chi connectivity index (χ3v) is 7.03. The van der Waals surface area contributed by atoms with Crippen molar-refractivity contribution in [3.05, 3.63) is 33.5 Å². The summed E-state index contributed by atoms with van der Waals surface area (Å²) in [6, 6.07) is 0. The predicted octanol–water partition coefficient (Wildman–Crippen LogP) is 4.55. The Morgan fingerprint density at radius 3 is 2.72 bits per heavy atom. The van der Waals surface area contributed by atoms with Gasteiger partial charge in [0.05, 0.1) is 18.4 Å². The van der Waals surface area contributed by atoms with Crippen LogP contribution in [0.5, 0.6) is 0 Å². The Labute approximate surface area is 182 Å². The van der Waals surface area contributed by atoms with Crippen LogP contribution in [0, 0.1) is 6.92 Å². The number of carbonyl (C=O) groups excluding carboxylic acids is 1. The minimum atomic E-state index is -0.281. The van der Waals surface area contributed by atoms with Crippen LogP contribution in [0.2, 0.25) is 0 Å². The molecule has 2 heterocycles. The first-order valence-electron chi connectivity index (χ1n) is 10.2. The van der Waals surface area contributed by atoms with Gasteiger partial charge in [-0.15, -0.1) is 11.3 Å². The van der Waals surface area contributed by atoms with Gasteiger partial charge >= 0.3 is 5.97 Å². The summed E-state index contributed by atoms with van der Waals surface area (Å²) < 4.78 is 7.04. The highest BCUT2D eigenvalue weighted by Gasteiger charge is 2.26. The number of aryl methyl sites for hydroxylation is 3. The first-order chi connectivity index (χ1) is 13.9. The van der Waals surface area contributed by atoms with E-state index >= 15 is 0 Å².